The third-order valence-electron chi connectivity index (χ3n) is 4.30. The first-order valence-corrected chi connectivity index (χ1v) is 11.5. The van der Waals surface area contributed by atoms with Crippen LogP contribution >= 0.6 is 22.9 Å². The maximum absolute atomic E-state index is 9.65. The number of aliphatic hydroxyl groups excluding tert-OH is 2. The molecular formula is C21H20BN5O3S2. The van der Waals surface area contributed by atoms with Gasteiger partial charge in [0.2, 0.25) is 0 Å². The van der Waals surface area contributed by atoms with Gasteiger partial charge < -0.3 is 0 Å². The summed E-state index contributed by atoms with van der Waals surface area (Å²) in [6.45, 7) is 1.58. The van der Waals surface area contributed by atoms with E-state index >= 15 is 0 Å². The Morgan fingerprint density at radius 2 is 2.06 bits per heavy atom. The Balaban J connectivity index is 1.68. The molecule has 0 saturated carbocycles. The van der Waals surface area contributed by atoms with Crippen molar-refractivity contribution in [3.63, 3.8) is 0 Å². The van der Waals surface area contributed by atoms with Gasteiger partial charge >= 0.3 is 193 Å². The monoisotopic (exact) mass is 465 g/mol. The van der Waals surface area contributed by atoms with E-state index in [1.807, 2.05) is 49.5 Å². The van der Waals surface area contributed by atoms with E-state index in [-0.39, 0.29) is 6.61 Å². The summed E-state index contributed by atoms with van der Waals surface area (Å²) in [5.74, 6) is 1.51. The van der Waals surface area contributed by atoms with Crippen LogP contribution in [0.5, 0.6) is 11.5 Å². The molecule has 1 unspecified atom stereocenters. The van der Waals surface area contributed by atoms with Gasteiger partial charge in [-0.1, -0.05) is 0 Å². The Morgan fingerprint density at radius 3 is 2.84 bits per heavy atom. The summed E-state index contributed by atoms with van der Waals surface area (Å²) in [7, 11) is 0. The SMILES string of the molecule is Cc1ncccc1Oc1cc(Sc2ccccn2)cnc1/N=c1/[nH]c(CC(O)CO)bs1. The Morgan fingerprint density at radius 1 is 1.19 bits per heavy atom. The van der Waals surface area contributed by atoms with Gasteiger partial charge in [0.15, 0.2) is 0 Å². The van der Waals surface area contributed by atoms with E-state index in [4.69, 9.17) is 9.84 Å². The van der Waals surface area contributed by atoms with Gasteiger partial charge in [0.05, 0.1) is 0 Å². The number of ether oxygens (including phenoxy) is 1. The number of H-pyrrole nitrogens is 1. The number of aryl methyl sites for hydroxylation is 1. The molecule has 162 valence electrons. The van der Waals surface area contributed by atoms with Crippen LogP contribution in [0.25, 0.3) is 0 Å². The molecule has 4 aromatic heterocycles. The van der Waals surface area contributed by atoms with Crippen molar-refractivity contribution in [2.24, 2.45) is 4.99 Å². The molecule has 0 fully saturated rings. The van der Waals surface area contributed by atoms with Gasteiger partial charge in [-0.25, -0.2) is 0 Å². The van der Waals surface area contributed by atoms with Gasteiger partial charge in [-0.15, -0.1) is 0 Å². The zero-order valence-electron chi connectivity index (χ0n) is 17.2. The van der Waals surface area contributed by atoms with Crippen LogP contribution in [0.1, 0.15) is 11.3 Å². The van der Waals surface area contributed by atoms with Crippen LogP contribution in [0.15, 0.2) is 69.9 Å². The summed E-state index contributed by atoms with van der Waals surface area (Å²) >= 11 is 2.86. The molecule has 4 aromatic rings. The second-order valence-electron chi connectivity index (χ2n) is 6.80. The molecule has 0 amide bonds. The second-order valence-corrected chi connectivity index (χ2v) is 8.75. The van der Waals surface area contributed by atoms with Crippen LogP contribution in [0.3, 0.4) is 0 Å². The van der Waals surface area contributed by atoms with Crippen molar-refractivity contribution in [1.82, 2.24) is 19.9 Å². The summed E-state index contributed by atoms with van der Waals surface area (Å²) in [4.78, 5) is 22.4. The van der Waals surface area contributed by atoms with Crippen LogP contribution in [-0.2, 0) is 6.42 Å². The molecule has 0 saturated heterocycles. The number of aliphatic hydroxyl groups is 2. The van der Waals surface area contributed by atoms with Crippen molar-refractivity contribution < 1.29 is 14.9 Å². The topological polar surface area (TPSA) is 117 Å². The standard InChI is InChI=1S/C21H20BN5O3S2/c1-13-16(5-4-8-23-13)30-17-10-15(31-19-6-2-3-7-24-19)11-25-20(17)27-21-26-18(22-32-21)9-14(29)12-28/h2-8,10-11,14,28-29H,9,12H2,1H3,(H,25,26,27). The minimum atomic E-state index is -0.817. The van der Waals surface area contributed by atoms with Gasteiger partial charge in [-0.3, -0.25) is 0 Å². The summed E-state index contributed by atoms with van der Waals surface area (Å²) in [5.41, 5.74) is 1.53. The molecule has 11 heteroatoms. The average Bonchev–Trinajstić information content (AvgIpc) is 3.24. The summed E-state index contributed by atoms with van der Waals surface area (Å²) < 4.78 is 6.14. The number of pyridine rings is 3. The van der Waals surface area contributed by atoms with Crippen molar-refractivity contribution in [3.05, 3.63) is 71.1 Å². The van der Waals surface area contributed by atoms with Gasteiger partial charge in [0.1, 0.15) is 0 Å². The van der Waals surface area contributed by atoms with Crippen LogP contribution in [0.4, 0.5) is 5.82 Å². The molecule has 0 aliphatic carbocycles. The van der Waals surface area contributed by atoms with E-state index in [9.17, 15) is 5.11 Å². The zero-order chi connectivity index (χ0) is 22.3. The molecule has 4 heterocycles. The van der Waals surface area contributed by atoms with E-state index in [0.717, 1.165) is 21.2 Å². The molecule has 0 bridgehead atoms. The molecule has 0 aliphatic heterocycles. The third-order valence-corrected chi connectivity index (χ3v) is 6.03. The maximum atomic E-state index is 9.65. The van der Waals surface area contributed by atoms with Crippen LogP contribution in [0.2, 0.25) is 0 Å². The molecule has 0 aromatic carbocycles. The van der Waals surface area contributed by atoms with Gasteiger partial charge in [-0.2, -0.15) is 0 Å². The number of nitrogens with zero attached hydrogens (tertiary/aromatic N) is 4. The number of nitrogens with one attached hydrogen (secondary N) is 1. The molecular weight excluding hydrogens is 445 g/mol. The fourth-order valence-corrected chi connectivity index (χ4v) is 4.26. The van der Waals surface area contributed by atoms with Crippen molar-refractivity contribution in [1.29, 1.82) is 0 Å². The van der Waals surface area contributed by atoms with E-state index < -0.39 is 6.10 Å². The first-order valence-electron chi connectivity index (χ1n) is 9.79. The number of hydrogen-bond acceptors (Lipinski definition) is 9. The molecule has 32 heavy (non-hydrogen) atoms. The van der Waals surface area contributed by atoms with Gasteiger partial charge in [0.25, 0.3) is 0 Å². The minimum absolute atomic E-state index is 0.296. The van der Waals surface area contributed by atoms with Crippen molar-refractivity contribution in [2.45, 2.75) is 29.4 Å². The Bertz CT molecular complexity index is 1250. The number of aromatic nitrogens is 4. The quantitative estimate of drug-likeness (QED) is 0.366. The van der Waals surface area contributed by atoms with Gasteiger partial charge in [0, 0.05) is 0 Å². The molecule has 0 aliphatic rings. The van der Waals surface area contributed by atoms with Crippen LogP contribution < -0.4 is 9.54 Å². The first-order chi connectivity index (χ1) is 15.6. The number of rotatable bonds is 8. The van der Waals surface area contributed by atoms with Crippen molar-refractivity contribution in [2.75, 3.05) is 6.61 Å². The Hall–Kier alpha value is -2.86. The third kappa shape index (κ3) is 5.89. The van der Waals surface area contributed by atoms with E-state index in [1.165, 1.54) is 22.9 Å². The average molecular weight is 465 g/mol. The Kier molecular flexibility index (Phi) is 7.43. The van der Waals surface area contributed by atoms with Crippen LogP contribution in [-0.4, -0.2) is 49.0 Å². The number of aromatic amines is 1. The summed E-state index contributed by atoms with van der Waals surface area (Å²) in [5, 5.41) is 19.5. The predicted octanol–water partition coefficient (Wildman–Crippen LogP) is 2.98. The van der Waals surface area contributed by atoms with Crippen molar-refractivity contribution >= 4 is 34.9 Å². The van der Waals surface area contributed by atoms with Crippen molar-refractivity contribution in [3.8, 4) is 11.5 Å². The molecule has 8 nitrogen and oxygen atoms in total. The molecule has 0 radical (unpaired) electrons. The van der Waals surface area contributed by atoms with Gasteiger partial charge in [-0.05, 0) is 0 Å². The van der Waals surface area contributed by atoms with E-state index in [0.29, 0.717) is 28.5 Å². The van der Waals surface area contributed by atoms with Crippen LogP contribution in [0, 0.1) is 6.92 Å². The molecule has 4 rings (SSSR count). The fraction of sp³-hybridized carbons (Fsp3) is 0.190. The molecule has 3 N–H and O–H groups in total. The predicted molar refractivity (Wildman–Crippen MR) is 124 cm³/mol. The van der Waals surface area contributed by atoms with E-state index in [2.05, 4.69) is 24.9 Å². The zero-order valence-corrected chi connectivity index (χ0v) is 18.8. The Labute approximate surface area is 193 Å². The summed E-state index contributed by atoms with van der Waals surface area (Å²) in [6.07, 6.45) is 6.53. The molecule has 0 spiro atoms. The molecule has 1 atom stereocenters. The second kappa shape index (κ2) is 10.6. The number of hydrogen-bond donors (Lipinski definition) is 3. The first kappa shape index (κ1) is 22.3. The van der Waals surface area contributed by atoms with E-state index in [1.54, 1.807) is 18.6 Å². The summed E-state index contributed by atoms with van der Waals surface area (Å²) in [6, 6.07) is 11.3. The fourth-order valence-electron chi connectivity index (χ4n) is 2.75. The normalized spacial score (nSPS) is 12.5.